The minimum absolute atomic E-state index is 0.0960. The van der Waals surface area contributed by atoms with Crippen molar-refractivity contribution in [1.82, 2.24) is 20.2 Å². The van der Waals surface area contributed by atoms with Crippen molar-refractivity contribution in [2.75, 3.05) is 37.6 Å². The number of piperazine rings is 1. The summed E-state index contributed by atoms with van der Waals surface area (Å²) < 4.78 is 0. The molecular weight excluding hydrogens is 302 g/mol. The van der Waals surface area contributed by atoms with Gasteiger partial charge in [0.2, 0.25) is 5.95 Å². The van der Waals surface area contributed by atoms with Crippen molar-refractivity contribution in [3.05, 3.63) is 53.9 Å². The number of carbonyl (C=O) groups excluding carboxylic acids is 1. The molecule has 126 valence electrons. The molecular formula is C18H23N5O. The lowest BCUT2D eigenvalue weighted by Crippen LogP contribution is -2.49. The Balaban J connectivity index is 1.57. The van der Waals surface area contributed by atoms with Crippen LogP contribution in [0.15, 0.2) is 42.7 Å². The first-order valence-electron chi connectivity index (χ1n) is 8.39. The highest BCUT2D eigenvalue weighted by atomic mass is 16.2. The van der Waals surface area contributed by atoms with Gasteiger partial charge in [0.15, 0.2) is 0 Å². The van der Waals surface area contributed by atoms with E-state index in [1.54, 1.807) is 12.4 Å². The van der Waals surface area contributed by atoms with Crippen molar-refractivity contribution in [3.8, 4) is 0 Å². The van der Waals surface area contributed by atoms with Crippen LogP contribution in [-0.2, 0) is 6.54 Å². The molecule has 0 aliphatic carbocycles. The molecule has 24 heavy (non-hydrogen) atoms. The van der Waals surface area contributed by atoms with Gasteiger partial charge in [-0.25, -0.2) is 9.97 Å². The molecule has 6 heteroatoms. The molecule has 0 spiro atoms. The van der Waals surface area contributed by atoms with E-state index in [-0.39, 0.29) is 5.91 Å². The van der Waals surface area contributed by atoms with Crippen LogP contribution in [0.5, 0.6) is 0 Å². The Morgan fingerprint density at radius 3 is 2.38 bits per heavy atom. The summed E-state index contributed by atoms with van der Waals surface area (Å²) in [6, 6.07) is 9.68. The Kier molecular flexibility index (Phi) is 5.38. The fraction of sp³-hybridized carbons (Fsp3) is 0.389. The summed E-state index contributed by atoms with van der Waals surface area (Å²) in [5, 5.41) is 3.28. The fourth-order valence-corrected chi connectivity index (χ4v) is 2.78. The average Bonchev–Trinajstić information content (AvgIpc) is 2.67. The molecule has 1 aromatic carbocycles. The number of nitrogens with zero attached hydrogens (tertiary/aromatic N) is 4. The van der Waals surface area contributed by atoms with Crippen LogP contribution >= 0.6 is 0 Å². The maximum Gasteiger partial charge on any atom is 0.253 e. The van der Waals surface area contributed by atoms with Gasteiger partial charge >= 0.3 is 0 Å². The summed E-state index contributed by atoms with van der Waals surface area (Å²) in [6.45, 7) is 6.75. The number of carbonyl (C=O) groups is 1. The minimum atomic E-state index is 0.0960. The second kappa shape index (κ2) is 7.88. The molecule has 1 N–H and O–H groups in total. The molecule has 0 bridgehead atoms. The Morgan fingerprint density at radius 2 is 1.75 bits per heavy atom. The largest absolute Gasteiger partial charge is 0.337 e. The van der Waals surface area contributed by atoms with E-state index in [0.29, 0.717) is 13.1 Å². The van der Waals surface area contributed by atoms with Crippen molar-refractivity contribution in [2.45, 2.75) is 13.5 Å². The van der Waals surface area contributed by atoms with Crippen LogP contribution in [0.1, 0.15) is 22.8 Å². The van der Waals surface area contributed by atoms with Crippen LogP contribution in [0.2, 0.25) is 0 Å². The highest BCUT2D eigenvalue weighted by Gasteiger charge is 2.23. The molecule has 1 aliphatic heterocycles. The van der Waals surface area contributed by atoms with Gasteiger partial charge in [0.05, 0.1) is 0 Å². The molecule has 0 saturated carbocycles. The molecule has 3 rings (SSSR count). The maximum absolute atomic E-state index is 12.6. The SMILES string of the molecule is CCNCc1ccc(C(=O)N2CCN(c3ncccn3)CC2)cc1. The molecule has 0 atom stereocenters. The second-order valence-electron chi connectivity index (χ2n) is 5.81. The van der Waals surface area contributed by atoms with E-state index in [1.165, 1.54) is 5.56 Å². The van der Waals surface area contributed by atoms with Crippen LogP contribution in [0.4, 0.5) is 5.95 Å². The number of hydrogen-bond donors (Lipinski definition) is 1. The van der Waals surface area contributed by atoms with Crippen LogP contribution in [0.3, 0.4) is 0 Å². The average molecular weight is 325 g/mol. The van der Waals surface area contributed by atoms with Crippen molar-refractivity contribution >= 4 is 11.9 Å². The Hall–Kier alpha value is -2.47. The minimum Gasteiger partial charge on any atom is -0.337 e. The Labute approximate surface area is 142 Å². The number of amides is 1. The fourth-order valence-electron chi connectivity index (χ4n) is 2.78. The van der Waals surface area contributed by atoms with Gasteiger partial charge in [0.1, 0.15) is 0 Å². The topological polar surface area (TPSA) is 61.4 Å². The van der Waals surface area contributed by atoms with Gasteiger partial charge < -0.3 is 15.1 Å². The van der Waals surface area contributed by atoms with Gasteiger partial charge in [-0.3, -0.25) is 4.79 Å². The zero-order valence-electron chi connectivity index (χ0n) is 14.0. The van der Waals surface area contributed by atoms with Gasteiger partial charge in [-0.15, -0.1) is 0 Å². The van der Waals surface area contributed by atoms with Crippen LogP contribution in [0, 0.1) is 0 Å². The van der Waals surface area contributed by atoms with Crippen LogP contribution in [0.25, 0.3) is 0 Å². The van der Waals surface area contributed by atoms with Gasteiger partial charge in [-0.1, -0.05) is 19.1 Å². The number of hydrogen-bond acceptors (Lipinski definition) is 5. The van der Waals surface area contributed by atoms with Crippen molar-refractivity contribution in [3.63, 3.8) is 0 Å². The smallest absolute Gasteiger partial charge is 0.253 e. The predicted octanol–water partition coefficient (Wildman–Crippen LogP) is 1.55. The van der Waals surface area contributed by atoms with Gasteiger partial charge in [-0.05, 0) is 30.3 Å². The van der Waals surface area contributed by atoms with Crippen LogP contribution < -0.4 is 10.2 Å². The van der Waals surface area contributed by atoms with E-state index in [1.807, 2.05) is 35.2 Å². The molecule has 1 fully saturated rings. The Bertz CT molecular complexity index is 651. The molecule has 0 unspecified atom stereocenters. The third-order valence-corrected chi connectivity index (χ3v) is 4.18. The van der Waals surface area contributed by atoms with E-state index < -0.39 is 0 Å². The third kappa shape index (κ3) is 3.89. The Morgan fingerprint density at radius 1 is 1.08 bits per heavy atom. The highest BCUT2D eigenvalue weighted by Crippen LogP contribution is 2.13. The van der Waals surface area contributed by atoms with Crippen molar-refractivity contribution in [1.29, 1.82) is 0 Å². The standard InChI is InChI=1S/C18H23N5O/c1-2-19-14-15-4-6-16(7-5-15)17(24)22-10-12-23(13-11-22)18-20-8-3-9-21-18/h3-9,19H,2,10-14H2,1H3. The van der Waals surface area contributed by atoms with E-state index in [9.17, 15) is 4.79 Å². The molecule has 1 amide bonds. The van der Waals surface area contributed by atoms with Gasteiger partial charge in [-0.2, -0.15) is 0 Å². The monoisotopic (exact) mass is 325 g/mol. The van der Waals surface area contributed by atoms with E-state index >= 15 is 0 Å². The summed E-state index contributed by atoms with van der Waals surface area (Å²) >= 11 is 0. The summed E-state index contributed by atoms with van der Waals surface area (Å²) in [6.07, 6.45) is 3.49. The summed E-state index contributed by atoms with van der Waals surface area (Å²) in [7, 11) is 0. The first kappa shape index (κ1) is 16.4. The van der Waals surface area contributed by atoms with Crippen molar-refractivity contribution < 1.29 is 4.79 Å². The summed E-state index contributed by atoms with van der Waals surface area (Å²) in [5.41, 5.74) is 1.94. The van der Waals surface area contributed by atoms with Gasteiger partial charge in [0, 0.05) is 50.7 Å². The zero-order chi connectivity index (χ0) is 16.8. The first-order chi connectivity index (χ1) is 11.8. The number of benzene rings is 1. The first-order valence-corrected chi connectivity index (χ1v) is 8.39. The normalized spacial score (nSPS) is 14.7. The quantitative estimate of drug-likeness (QED) is 0.904. The van der Waals surface area contributed by atoms with Crippen LogP contribution in [-0.4, -0.2) is 53.5 Å². The van der Waals surface area contributed by atoms with E-state index in [2.05, 4.69) is 27.1 Å². The molecule has 6 nitrogen and oxygen atoms in total. The van der Waals surface area contributed by atoms with E-state index in [0.717, 1.165) is 37.7 Å². The maximum atomic E-state index is 12.6. The van der Waals surface area contributed by atoms with Crippen molar-refractivity contribution in [2.24, 2.45) is 0 Å². The highest BCUT2D eigenvalue weighted by molar-refractivity contribution is 5.94. The molecule has 0 radical (unpaired) electrons. The second-order valence-corrected chi connectivity index (χ2v) is 5.81. The number of rotatable bonds is 5. The number of nitrogens with one attached hydrogen (secondary N) is 1. The lowest BCUT2D eigenvalue weighted by atomic mass is 10.1. The van der Waals surface area contributed by atoms with Gasteiger partial charge in [0.25, 0.3) is 5.91 Å². The lowest BCUT2D eigenvalue weighted by Gasteiger charge is -2.34. The zero-order valence-corrected chi connectivity index (χ0v) is 14.0. The molecule has 1 saturated heterocycles. The lowest BCUT2D eigenvalue weighted by molar-refractivity contribution is 0.0746. The number of anilines is 1. The molecule has 1 aliphatic rings. The molecule has 2 heterocycles. The number of aromatic nitrogens is 2. The predicted molar refractivity (Wildman–Crippen MR) is 94.0 cm³/mol. The molecule has 2 aromatic rings. The third-order valence-electron chi connectivity index (χ3n) is 4.18. The summed E-state index contributed by atoms with van der Waals surface area (Å²) in [4.78, 5) is 25.2. The molecule has 1 aromatic heterocycles. The van der Waals surface area contributed by atoms with E-state index in [4.69, 9.17) is 0 Å². The summed E-state index contributed by atoms with van der Waals surface area (Å²) in [5.74, 6) is 0.830.